The van der Waals surface area contributed by atoms with Crippen LogP contribution in [0.15, 0.2) is 30.3 Å². The van der Waals surface area contributed by atoms with Gasteiger partial charge in [0.05, 0.1) is 13.2 Å². The molecule has 1 fully saturated rings. The summed E-state index contributed by atoms with van der Waals surface area (Å²) >= 11 is 0. The lowest BCUT2D eigenvalue weighted by molar-refractivity contribution is -0.130. The Kier molecular flexibility index (Phi) is 4.88. The Balaban J connectivity index is 1.37. The van der Waals surface area contributed by atoms with Crippen LogP contribution in [0.25, 0.3) is 10.8 Å². The molecule has 2 aromatic carbocycles. The summed E-state index contributed by atoms with van der Waals surface area (Å²) in [5.74, 6) is 0.0572. The number of benzene rings is 2. The van der Waals surface area contributed by atoms with Gasteiger partial charge in [-0.1, -0.05) is 24.3 Å². The van der Waals surface area contributed by atoms with Crippen molar-refractivity contribution >= 4 is 28.5 Å². The van der Waals surface area contributed by atoms with Crippen molar-refractivity contribution < 1.29 is 14.3 Å². The predicted molar refractivity (Wildman–Crippen MR) is 105 cm³/mol. The smallest absolute Gasteiger partial charge is 0.409 e. The number of piperazine rings is 1. The molecule has 0 atom stereocenters. The Hall–Kier alpha value is -2.76. The SMILES string of the molecule is CCOC(=O)N1CCN(C(=O)CNc2ccc3c4c(cccc24)CC3)CC1. The molecule has 1 aliphatic heterocycles. The van der Waals surface area contributed by atoms with Crippen LogP contribution in [-0.2, 0) is 22.4 Å². The molecule has 4 rings (SSSR count). The van der Waals surface area contributed by atoms with Crippen molar-refractivity contribution in [3.8, 4) is 0 Å². The lowest BCUT2D eigenvalue weighted by Gasteiger charge is -2.34. The largest absolute Gasteiger partial charge is 0.450 e. The highest BCUT2D eigenvalue weighted by atomic mass is 16.6. The number of aryl methyl sites for hydroxylation is 2. The summed E-state index contributed by atoms with van der Waals surface area (Å²) in [5.41, 5.74) is 3.80. The molecule has 1 saturated heterocycles. The van der Waals surface area contributed by atoms with Gasteiger partial charge in [0.15, 0.2) is 0 Å². The predicted octanol–water partition coefficient (Wildman–Crippen LogP) is 2.65. The van der Waals surface area contributed by atoms with Gasteiger partial charge >= 0.3 is 6.09 Å². The van der Waals surface area contributed by atoms with Gasteiger partial charge in [0.25, 0.3) is 0 Å². The van der Waals surface area contributed by atoms with Crippen LogP contribution in [0.3, 0.4) is 0 Å². The van der Waals surface area contributed by atoms with E-state index in [1.54, 1.807) is 11.8 Å². The van der Waals surface area contributed by atoms with Crippen molar-refractivity contribution in [3.63, 3.8) is 0 Å². The lowest BCUT2D eigenvalue weighted by atomic mass is 10.0. The van der Waals surface area contributed by atoms with Crippen LogP contribution in [0.5, 0.6) is 0 Å². The molecule has 2 amide bonds. The maximum atomic E-state index is 12.6. The van der Waals surface area contributed by atoms with Crippen molar-refractivity contribution in [3.05, 3.63) is 41.5 Å². The summed E-state index contributed by atoms with van der Waals surface area (Å²) in [7, 11) is 0. The van der Waals surface area contributed by atoms with Gasteiger partial charge in [0.1, 0.15) is 0 Å². The molecule has 27 heavy (non-hydrogen) atoms. The Morgan fingerprint density at radius 2 is 1.70 bits per heavy atom. The molecule has 0 aromatic heterocycles. The number of carbonyl (C=O) groups excluding carboxylic acids is 2. The van der Waals surface area contributed by atoms with E-state index in [2.05, 4.69) is 35.6 Å². The van der Waals surface area contributed by atoms with E-state index < -0.39 is 0 Å². The number of hydrogen-bond donors (Lipinski definition) is 1. The topological polar surface area (TPSA) is 61.9 Å². The van der Waals surface area contributed by atoms with Crippen LogP contribution < -0.4 is 5.32 Å². The summed E-state index contributed by atoms with van der Waals surface area (Å²) in [6.45, 7) is 4.56. The Morgan fingerprint density at radius 1 is 1.00 bits per heavy atom. The molecule has 2 aromatic rings. The highest BCUT2D eigenvalue weighted by Gasteiger charge is 2.24. The number of ether oxygens (including phenoxy) is 1. The molecular weight excluding hydrogens is 342 g/mol. The first-order chi connectivity index (χ1) is 13.2. The molecule has 0 saturated carbocycles. The molecule has 0 radical (unpaired) electrons. The van der Waals surface area contributed by atoms with E-state index >= 15 is 0 Å². The molecule has 0 unspecified atom stereocenters. The number of carbonyl (C=O) groups is 2. The van der Waals surface area contributed by atoms with E-state index in [4.69, 9.17) is 4.74 Å². The summed E-state index contributed by atoms with van der Waals surface area (Å²) in [6, 6.07) is 10.7. The quantitative estimate of drug-likeness (QED) is 0.902. The third-order valence-electron chi connectivity index (χ3n) is 5.47. The summed E-state index contributed by atoms with van der Waals surface area (Å²) < 4.78 is 5.02. The molecule has 1 aliphatic carbocycles. The normalized spacial score (nSPS) is 15.9. The van der Waals surface area contributed by atoms with E-state index in [1.807, 2.05) is 4.90 Å². The minimum Gasteiger partial charge on any atom is -0.450 e. The van der Waals surface area contributed by atoms with Gasteiger partial charge in [-0.05, 0) is 42.3 Å². The fraction of sp³-hybridized carbons (Fsp3) is 0.429. The van der Waals surface area contributed by atoms with Gasteiger partial charge in [-0.2, -0.15) is 0 Å². The van der Waals surface area contributed by atoms with Crippen LogP contribution in [0, 0.1) is 0 Å². The van der Waals surface area contributed by atoms with Gasteiger partial charge in [0, 0.05) is 37.3 Å². The second-order valence-electron chi connectivity index (χ2n) is 7.03. The Labute approximate surface area is 159 Å². The monoisotopic (exact) mass is 367 g/mol. The second kappa shape index (κ2) is 7.47. The minimum absolute atomic E-state index is 0.0572. The number of nitrogens with one attached hydrogen (secondary N) is 1. The first-order valence-corrected chi connectivity index (χ1v) is 9.64. The maximum Gasteiger partial charge on any atom is 0.409 e. The maximum absolute atomic E-state index is 12.6. The number of rotatable bonds is 4. The molecule has 0 bridgehead atoms. The third-order valence-corrected chi connectivity index (χ3v) is 5.47. The zero-order chi connectivity index (χ0) is 18.8. The zero-order valence-electron chi connectivity index (χ0n) is 15.7. The molecule has 6 nitrogen and oxygen atoms in total. The van der Waals surface area contributed by atoms with Crippen molar-refractivity contribution in [2.75, 3.05) is 44.6 Å². The van der Waals surface area contributed by atoms with Gasteiger partial charge in [-0.3, -0.25) is 4.79 Å². The first-order valence-electron chi connectivity index (χ1n) is 9.64. The second-order valence-corrected chi connectivity index (χ2v) is 7.03. The highest BCUT2D eigenvalue weighted by molar-refractivity contribution is 6.00. The minimum atomic E-state index is -0.296. The molecule has 1 N–H and O–H groups in total. The van der Waals surface area contributed by atoms with Crippen LogP contribution in [0.1, 0.15) is 18.1 Å². The average molecular weight is 367 g/mol. The molecular formula is C21H25N3O3. The standard InChI is InChI=1S/C21H25N3O3/c1-2-27-21(26)24-12-10-23(11-13-24)19(25)14-22-18-9-8-16-7-6-15-4-3-5-17(18)20(15)16/h3-5,8-9,22H,2,6-7,10-14H2,1H3. The summed E-state index contributed by atoms with van der Waals surface area (Å²) in [6.07, 6.45) is 1.90. The average Bonchev–Trinajstić information content (AvgIpc) is 3.12. The molecule has 1 heterocycles. The van der Waals surface area contributed by atoms with Gasteiger partial charge in [-0.25, -0.2) is 4.79 Å². The first kappa shape index (κ1) is 17.6. The van der Waals surface area contributed by atoms with Crippen molar-refractivity contribution in [1.29, 1.82) is 0 Å². The number of anilines is 1. The van der Waals surface area contributed by atoms with Crippen LogP contribution >= 0.6 is 0 Å². The summed E-state index contributed by atoms with van der Waals surface area (Å²) in [5, 5.41) is 5.87. The zero-order valence-corrected chi connectivity index (χ0v) is 15.7. The lowest BCUT2D eigenvalue weighted by Crippen LogP contribution is -2.51. The van der Waals surface area contributed by atoms with Crippen LogP contribution in [-0.4, -0.2) is 61.1 Å². The van der Waals surface area contributed by atoms with Crippen molar-refractivity contribution in [1.82, 2.24) is 9.80 Å². The van der Waals surface area contributed by atoms with Gasteiger partial charge < -0.3 is 19.9 Å². The Bertz CT molecular complexity index is 862. The fourth-order valence-electron chi connectivity index (χ4n) is 4.04. The summed E-state index contributed by atoms with van der Waals surface area (Å²) in [4.78, 5) is 27.8. The Morgan fingerprint density at radius 3 is 2.44 bits per heavy atom. The van der Waals surface area contributed by atoms with E-state index in [9.17, 15) is 9.59 Å². The highest BCUT2D eigenvalue weighted by Crippen LogP contribution is 2.34. The third kappa shape index (κ3) is 3.44. The van der Waals surface area contributed by atoms with Crippen LogP contribution in [0.4, 0.5) is 10.5 Å². The van der Waals surface area contributed by atoms with Gasteiger partial charge in [-0.15, -0.1) is 0 Å². The van der Waals surface area contributed by atoms with E-state index in [1.165, 1.54) is 21.9 Å². The molecule has 0 spiro atoms. The van der Waals surface area contributed by atoms with Gasteiger partial charge in [0.2, 0.25) is 5.91 Å². The van der Waals surface area contributed by atoms with E-state index in [0.29, 0.717) is 32.8 Å². The fourth-order valence-corrected chi connectivity index (χ4v) is 4.04. The van der Waals surface area contributed by atoms with Crippen molar-refractivity contribution in [2.45, 2.75) is 19.8 Å². The molecule has 2 aliphatic rings. The molecule has 142 valence electrons. The van der Waals surface area contributed by atoms with E-state index in [0.717, 1.165) is 18.5 Å². The number of hydrogen-bond acceptors (Lipinski definition) is 4. The van der Waals surface area contributed by atoms with E-state index in [-0.39, 0.29) is 18.5 Å². The number of nitrogens with zero attached hydrogens (tertiary/aromatic N) is 2. The molecule has 6 heteroatoms. The van der Waals surface area contributed by atoms with Crippen molar-refractivity contribution in [2.24, 2.45) is 0 Å². The number of amides is 2. The van der Waals surface area contributed by atoms with Crippen LogP contribution in [0.2, 0.25) is 0 Å².